The summed E-state index contributed by atoms with van der Waals surface area (Å²) in [4.78, 5) is 27.4. The predicted molar refractivity (Wildman–Crippen MR) is 84.5 cm³/mol. The SMILES string of the molecule is CNC(=O)NC(=O)[C@H](C)SC1=Nc2ccccc2CS1. The minimum atomic E-state index is -0.494. The normalized spacial score (nSPS) is 14.8. The van der Waals surface area contributed by atoms with Gasteiger partial charge < -0.3 is 5.32 Å². The van der Waals surface area contributed by atoms with Crippen molar-refractivity contribution in [1.82, 2.24) is 10.6 Å². The number of imide groups is 1. The molecule has 0 spiro atoms. The number of carbonyl (C=O) groups excluding carboxylic acids is 2. The first-order valence-corrected chi connectivity index (χ1v) is 7.95. The molecule has 0 unspecified atom stereocenters. The van der Waals surface area contributed by atoms with Crippen LogP contribution in [0.15, 0.2) is 29.3 Å². The number of amides is 3. The molecular weight excluding hydrogens is 294 g/mol. The molecule has 1 atom stereocenters. The third-order valence-electron chi connectivity index (χ3n) is 2.67. The minimum Gasteiger partial charge on any atom is -0.341 e. The van der Waals surface area contributed by atoms with Crippen molar-refractivity contribution in [1.29, 1.82) is 0 Å². The van der Waals surface area contributed by atoms with Crippen LogP contribution in [-0.2, 0) is 10.5 Å². The standard InChI is InChI=1S/C13H15N3O2S2/c1-8(11(17)16-12(18)14-2)20-13-15-10-6-4-3-5-9(10)7-19-13/h3-6,8H,7H2,1-2H3,(H2,14,16,17,18)/t8-/m0/s1. The molecule has 0 saturated heterocycles. The van der Waals surface area contributed by atoms with Gasteiger partial charge in [0.25, 0.3) is 0 Å². The van der Waals surface area contributed by atoms with E-state index in [0.29, 0.717) is 0 Å². The van der Waals surface area contributed by atoms with Crippen molar-refractivity contribution in [3.8, 4) is 0 Å². The summed E-state index contributed by atoms with van der Waals surface area (Å²) >= 11 is 2.97. The molecular formula is C13H15N3O2S2. The van der Waals surface area contributed by atoms with Crippen molar-refractivity contribution in [3.63, 3.8) is 0 Å². The Hall–Kier alpha value is -1.47. The molecule has 5 nitrogen and oxygen atoms in total. The van der Waals surface area contributed by atoms with Gasteiger partial charge in [0, 0.05) is 12.8 Å². The summed E-state index contributed by atoms with van der Waals surface area (Å²) in [6.07, 6.45) is 0. The second-order valence-electron chi connectivity index (χ2n) is 4.12. The molecule has 0 radical (unpaired) electrons. The van der Waals surface area contributed by atoms with E-state index in [-0.39, 0.29) is 11.2 Å². The van der Waals surface area contributed by atoms with Gasteiger partial charge in [-0.05, 0) is 18.6 Å². The zero-order chi connectivity index (χ0) is 14.5. The number of urea groups is 1. The average Bonchev–Trinajstić information content (AvgIpc) is 2.46. The van der Waals surface area contributed by atoms with Gasteiger partial charge in [-0.15, -0.1) is 0 Å². The maximum atomic E-state index is 11.8. The highest BCUT2D eigenvalue weighted by Gasteiger charge is 2.21. The van der Waals surface area contributed by atoms with Crippen molar-refractivity contribution in [2.24, 2.45) is 4.99 Å². The fourth-order valence-electron chi connectivity index (χ4n) is 1.55. The minimum absolute atomic E-state index is 0.323. The maximum absolute atomic E-state index is 11.8. The third kappa shape index (κ3) is 3.77. The average molecular weight is 309 g/mol. The Kier molecular flexibility index (Phi) is 5.08. The molecule has 1 aliphatic heterocycles. The molecule has 1 heterocycles. The highest BCUT2D eigenvalue weighted by Crippen LogP contribution is 2.35. The number of hydrogen-bond donors (Lipinski definition) is 2. The molecule has 2 N–H and O–H groups in total. The first-order chi connectivity index (χ1) is 9.60. The molecule has 1 aromatic rings. The lowest BCUT2D eigenvalue weighted by Gasteiger charge is -2.16. The van der Waals surface area contributed by atoms with Crippen LogP contribution in [-0.4, -0.2) is 28.6 Å². The van der Waals surface area contributed by atoms with Gasteiger partial charge in [0.1, 0.15) is 4.38 Å². The van der Waals surface area contributed by atoms with Crippen molar-refractivity contribution in [2.45, 2.75) is 17.9 Å². The van der Waals surface area contributed by atoms with E-state index < -0.39 is 6.03 Å². The van der Waals surface area contributed by atoms with Crippen LogP contribution in [0.1, 0.15) is 12.5 Å². The molecule has 106 valence electrons. The van der Waals surface area contributed by atoms with E-state index in [1.807, 2.05) is 18.2 Å². The molecule has 0 aromatic heterocycles. The Morgan fingerprint density at radius 1 is 1.40 bits per heavy atom. The van der Waals surface area contributed by atoms with Crippen LogP contribution in [0, 0.1) is 0 Å². The van der Waals surface area contributed by atoms with Crippen molar-refractivity contribution in [3.05, 3.63) is 29.8 Å². The lowest BCUT2D eigenvalue weighted by atomic mass is 10.2. The molecule has 20 heavy (non-hydrogen) atoms. The molecule has 0 saturated carbocycles. The van der Waals surface area contributed by atoms with Gasteiger partial charge in [0.15, 0.2) is 0 Å². The third-order valence-corrected chi connectivity index (χ3v) is 4.96. The largest absolute Gasteiger partial charge is 0.341 e. The second kappa shape index (κ2) is 6.81. The van der Waals surface area contributed by atoms with Crippen molar-refractivity contribution < 1.29 is 9.59 Å². The lowest BCUT2D eigenvalue weighted by Crippen LogP contribution is -2.41. The molecule has 0 bridgehead atoms. The van der Waals surface area contributed by atoms with E-state index >= 15 is 0 Å². The Bertz CT molecular complexity index is 560. The number of thioether (sulfide) groups is 2. The van der Waals surface area contributed by atoms with Gasteiger partial charge in [0.05, 0.1) is 10.9 Å². The number of rotatable bonds is 2. The molecule has 7 heteroatoms. The van der Waals surface area contributed by atoms with Gasteiger partial charge in [-0.25, -0.2) is 9.79 Å². The molecule has 0 fully saturated rings. The van der Waals surface area contributed by atoms with Gasteiger partial charge >= 0.3 is 6.03 Å². The second-order valence-corrected chi connectivity index (χ2v) is 6.68. The van der Waals surface area contributed by atoms with Crippen molar-refractivity contribution in [2.75, 3.05) is 7.05 Å². The first-order valence-electron chi connectivity index (χ1n) is 6.09. The van der Waals surface area contributed by atoms with Crippen LogP contribution in [0.3, 0.4) is 0 Å². The molecule has 1 aliphatic rings. The smallest absolute Gasteiger partial charge is 0.321 e. The highest BCUT2D eigenvalue weighted by molar-refractivity contribution is 8.39. The molecule has 1 aromatic carbocycles. The zero-order valence-electron chi connectivity index (χ0n) is 11.2. The van der Waals surface area contributed by atoms with Crippen LogP contribution < -0.4 is 10.6 Å². The quantitative estimate of drug-likeness (QED) is 0.880. The predicted octanol–water partition coefficient (Wildman–Crippen LogP) is 2.50. The highest BCUT2D eigenvalue weighted by atomic mass is 32.2. The monoisotopic (exact) mass is 309 g/mol. The van der Waals surface area contributed by atoms with E-state index in [1.54, 1.807) is 18.7 Å². The Labute approximate surface area is 126 Å². The number of benzene rings is 1. The number of hydrogen-bond acceptors (Lipinski definition) is 5. The fraction of sp³-hybridized carbons (Fsp3) is 0.308. The molecule has 0 aliphatic carbocycles. The van der Waals surface area contributed by atoms with Crippen LogP contribution in [0.4, 0.5) is 10.5 Å². The van der Waals surface area contributed by atoms with E-state index in [4.69, 9.17) is 0 Å². The fourth-order valence-corrected chi connectivity index (χ4v) is 3.74. The van der Waals surface area contributed by atoms with E-state index in [1.165, 1.54) is 24.4 Å². The number of aliphatic imine (C=N–C) groups is 1. The summed E-state index contributed by atoms with van der Waals surface area (Å²) in [6.45, 7) is 1.76. The first kappa shape index (κ1) is 14.9. The number of nitrogens with one attached hydrogen (secondary N) is 2. The van der Waals surface area contributed by atoms with Crippen LogP contribution in [0.25, 0.3) is 0 Å². The topological polar surface area (TPSA) is 70.6 Å². The van der Waals surface area contributed by atoms with Gasteiger partial charge in [0.2, 0.25) is 5.91 Å². The van der Waals surface area contributed by atoms with Crippen molar-refractivity contribution >= 4 is 45.5 Å². The molecule has 3 amide bonds. The summed E-state index contributed by atoms with van der Waals surface area (Å²) in [5, 5.41) is 4.24. The van der Waals surface area contributed by atoms with Crippen LogP contribution in [0.2, 0.25) is 0 Å². The number of carbonyl (C=O) groups is 2. The Balaban J connectivity index is 1.99. The Morgan fingerprint density at radius 2 is 2.15 bits per heavy atom. The van der Waals surface area contributed by atoms with Crippen LogP contribution in [0.5, 0.6) is 0 Å². The maximum Gasteiger partial charge on any atom is 0.321 e. The zero-order valence-corrected chi connectivity index (χ0v) is 12.8. The van der Waals surface area contributed by atoms with E-state index in [9.17, 15) is 9.59 Å². The number of para-hydroxylation sites is 1. The number of nitrogens with zero attached hydrogens (tertiary/aromatic N) is 1. The summed E-state index contributed by atoms with van der Waals surface area (Å²) < 4.78 is 0.850. The van der Waals surface area contributed by atoms with Gasteiger partial charge in [-0.2, -0.15) is 0 Å². The summed E-state index contributed by atoms with van der Waals surface area (Å²) in [5.41, 5.74) is 2.15. The summed E-state index contributed by atoms with van der Waals surface area (Å²) in [5.74, 6) is 0.530. The van der Waals surface area contributed by atoms with Crippen LogP contribution >= 0.6 is 23.5 Å². The van der Waals surface area contributed by atoms with E-state index in [2.05, 4.69) is 21.7 Å². The summed E-state index contributed by atoms with van der Waals surface area (Å²) in [6, 6.07) is 7.46. The number of fused-ring (bicyclic) bond motifs is 1. The Morgan fingerprint density at radius 3 is 2.90 bits per heavy atom. The molecule has 2 rings (SSSR count). The van der Waals surface area contributed by atoms with Gasteiger partial charge in [-0.3, -0.25) is 10.1 Å². The summed E-state index contributed by atoms with van der Waals surface area (Å²) in [7, 11) is 1.47. The van der Waals surface area contributed by atoms with Gasteiger partial charge in [-0.1, -0.05) is 41.7 Å². The lowest BCUT2D eigenvalue weighted by molar-refractivity contribution is -0.119. The van der Waals surface area contributed by atoms with E-state index in [0.717, 1.165) is 15.8 Å².